The molecule has 0 N–H and O–H groups in total. The lowest BCUT2D eigenvalue weighted by atomic mass is 9.61. The smallest absolute Gasteiger partial charge is 0.282 e. The van der Waals surface area contributed by atoms with Crippen molar-refractivity contribution in [2.24, 2.45) is 5.41 Å². The summed E-state index contributed by atoms with van der Waals surface area (Å²) in [4.78, 5) is 28.5. The lowest BCUT2D eigenvalue weighted by Gasteiger charge is -2.58. The third-order valence-corrected chi connectivity index (χ3v) is 8.74. The molecule has 1 aliphatic carbocycles. The molecule has 11 heteroatoms. The van der Waals surface area contributed by atoms with Crippen LogP contribution < -0.4 is 14.4 Å². The summed E-state index contributed by atoms with van der Waals surface area (Å²) in [5.74, 6) is 1.14. The van der Waals surface area contributed by atoms with Crippen LogP contribution in [0.25, 0.3) is 0 Å². The van der Waals surface area contributed by atoms with Crippen molar-refractivity contribution in [3.05, 3.63) is 59.4 Å². The van der Waals surface area contributed by atoms with Gasteiger partial charge in [-0.2, -0.15) is 0 Å². The molecule has 0 atom stereocenters. The Kier molecular flexibility index (Phi) is 7.69. The number of carbonyl (C=O) groups is 1. The first-order valence-corrected chi connectivity index (χ1v) is 14.9. The molecule has 1 aromatic carbocycles. The van der Waals surface area contributed by atoms with E-state index in [9.17, 15) is 9.18 Å². The number of rotatable bonds is 9. The van der Waals surface area contributed by atoms with E-state index in [0.717, 1.165) is 63.4 Å². The topological polar surface area (TPSA) is 96.8 Å². The van der Waals surface area contributed by atoms with Gasteiger partial charge >= 0.3 is 0 Å². The molecule has 2 aromatic heterocycles. The summed E-state index contributed by atoms with van der Waals surface area (Å²) in [5, 5.41) is 8.10. The highest BCUT2D eigenvalue weighted by Gasteiger charge is 2.54. The Labute approximate surface area is 245 Å². The van der Waals surface area contributed by atoms with Gasteiger partial charge in [0.15, 0.2) is 5.82 Å². The maximum absolute atomic E-state index is 14.2. The van der Waals surface area contributed by atoms with Crippen LogP contribution in [-0.2, 0) is 13.0 Å². The van der Waals surface area contributed by atoms with E-state index >= 15 is 0 Å². The largest absolute Gasteiger partial charge is 0.490 e. The van der Waals surface area contributed by atoms with E-state index in [1.807, 2.05) is 33.0 Å². The normalized spacial score (nSPS) is 17.9. The Balaban J connectivity index is 1.11. The molecule has 1 saturated heterocycles. The van der Waals surface area contributed by atoms with Crippen molar-refractivity contribution in [1.82, 2.24) is 30.0 Å². The summed E-state index contributed by atoms with van der Waals surface area (Å²) in [7, 11) is 0. The van der Waals surface area contributed by atoms with Crippen molar-refractivity contribution < 1.29 is 18.7 Å². The lowest BCUT2D eigenvalue weighted by molar-refractivity contribution is -0.0351. The number of amides is 1. The fraction of sp³-hybridized carbons (Fsp3) is 0.516. The van der Waals surface area contributed by atoms with Crippen molar-refractivity contribution in [3.63, 3.8) is 0 Å². The summed E-state index contributed by atoms with van der Waals surface area (Å²) >= 11 is 0. The minimum atomic E-state index is -0.510. The average Bonchev–Trinajstić information content (AvgIpc) is 2.94. The second-order valence-corrected chi connectivity index (χ2v) is 11.9. The van der Waals surface area contributed by atoms with E-state index in [1.165, 1.54) is 30.1 Å². The number of halogens is 1. The zero-order valence-corrected chi connectivity index (χ0v) is 24.7. The summed E-state index contributed by atoms with van der Waals surface area (Å²) in [6.45, 7) is 13.0. The average molecular weight is 576 g/mol. The predicted octanol–water partition coefficient (Wildman–Crippen LogP) is 4.49. The predicted molar refractivity (Wildman–Crippen MR) is 155 cm³/mol. The molecule has 0 bridgehead atoms. The molecular formula is C31H38FN7O3. The Morgan fingerprint density at radius 2 is 1.98 bits per heavy atom. The Morgan fingerprint density at radius 1 is 1.17 bits per heavy atom. The van der Waals surface area contributed by atoms with E-state index < -0.39 is 5.82 Å². The number of aromatic nitrogens is 4. The molecule has 42 heavy (non-hydrogen) atoms. The van der Waals surface area contributed by atoms with Gasteiger partial charge in [0.1, 0.15) is 29.7 Å². The molecule has 2 aliphatic heterocycles. The molecule has 1 spiro atoms. The van der Waals surface area contributed by atoms with Crippen LogP contribution in [0.4, 0.5) is 10.2 Å². The number of ether oxygens (including phenoxy) is 2. The van der Waals surface area contributed by atoms with Crippen LogP contribution in [0, 0.1) is 11.2 Å². The Bertz CT molecular complexity index is 1450. The molecule has 3 aliphatic rings. The third-order valence-electron chi connectivity index (χ3n) is 8.74. The zero-order chi connectivity index (χ0) is 29.4. The van der Waals surface area contributed by atoms with Gasteiger partial charge in [0.05, 0.1) is 11.3 Å². The molecule has 3 aromatic rings. The lowest BCUT2D eigenvalue weighted by Crippen LogP contribution is -2.65. The highest BCUT2D eigenvalue weighted by molar-refractivity contribution is 5.97. The van der Waals surface area contributed by atoms with Gasteiger partial charge < -0.3 is 19.3 Å². The molecule has 0 unspecified atom stereocenters. The summed E-state index contributed by atoms with van der Waals surface area (Å²) < 4.78 is 26.8. The van der Waals surface area contributed by atoms with E-state index in [4.69, 9.17) is 9.47 Å². The van der Waals surface area contributed by atoms with E-state index in [-0.39, 0.29) is 40.7 Å². The first kappa shape index (κ1) is 28.3. The number of likely N-dealkylation sites (N-methyl/N-ethyl adjacent to an activating group) is 1. The van der Waals surface area contributed by atoms with Crippen molar-refractivity contribution in [2.75, 3.05) is 37.6 Å². The van der Waals surface area contributed by atoms with Gasteiger partial charge in [-0.15, -0.1) is 10.2 Å². The molecule has 1 saturated carbocycles. The van der Waals surface area contributed by atoms with Gasteiger partial charge in [-0.25, -0.2) is 9.37 Å². The van der Waals surface area contributed by atoms with Crippen molar-refractivity contribution in [2.45, 2.75) is 65.6 Å². The van der Waals surface area contributed by atoms with Crippen LogP contribution in [0.5, 0.6) is 17.4 Å². The minimum absolute atomic E-state index is 0.0460. The zero-order valence-electron chi connectivity index (χ0n) is 24.7. The van der Waals surface area contributed by atoms with Gasteiger partial charge in [-0.3, -0.25) is 14.7 Å². The first-order valence-electron chi connectivity index (χ1n) is 14.9. The van der Waals surface area contributed by atoms with Gasteiger partial charge in [0.2, 0.25) is 0 Å². The monoisotopic (exact) mass is 575 g/mol. The quantitative estimate of drug-likeness (QED) is 0.366. The second-order valence-electron chi connectivity index (χ2n) is 11.9. The van der Waals surface area contributed by atoms with E-state index in [0.29, 0.717) is 12.4 Å². The number of nitrogens with zero attached hydrogens (tertiary/aromatic N) is 7. The molecule has 0 radical (unpaired) electrons. The highest BCUT2D eigenvalue weighted by atomic mass is 19.1. The summed E-state index contributed by atoms with van der Waals surface area (Å²) in [5.41, 5.74) is 2.68. The first-order chi connectivity index (χ1) is 20.3. The number of pyridine rings is 1. The van der Waals surface area contributed by atoms with Crippen LogP contribution in [0.3, 0.4) is 0 Å². The van der Waals surface area contributed by atoms with Crippen LogP contribution >= 0.6 is 0 Å². The van der Waals surface area contributed by atoms with Gasteiger partial charge in [0.25, 0.3) is 11.8 Å². The van der Waals surface area contributed by atoms with Gasteiger partial charge in [-0.05, 0) is 70.8 Å². The number of hydrogen-bond donors (Lipinski definition) is 0. The van der Waals surface area contributed by atoms with E-state index in [2.05, 4.69) is 36.9 Å². The van der Waals surface area contributed by atoms with Crippen LogP contribution in [0.2, 0.25) is 0 Å². The maximum Gasteiger partial charge on any atom is 0.282 e. The number of hydrogen-bond acceptors (Lipinski definition) is 9. The fourth-order valence-electron chi connectivity index (χ4n) is 6.50. The molecule has 10 nitrogen and oxygen atoms in total. The summed E-state index contributed by atoms with van der Waals surface area (Å²) in [6.07, 6.45) is 6.33. The highest BCUT2D eigenvalue weighted by Crippen LogP contribution is 2.52. The molecule has 1 amide bonds. The van der Waals surface area contributed by atoms with Crippen LogP contribution in [0.1, 0.15) is 62.2 Å². The van der Waals surface area contributed by atoms with Crippen molar-refractivity contribution in [3.8, 4) is 17.4 Å². The van der Waals surface area contributed by atoms with Crippen LogP contribution in [-0.4, -0.2) is 80.7 Å². The molecule has 4 heterocycles. The molecule has 6 rings (SSSR count). The van der Waals surface area contributed by atoms with Gasteiger partial charge in [0, 0.05) is 55.9 Å². The number of carbonyl (C=O) groups excluding carboxylic acids is 1. The fourth-order valence-corrected chi connectivity index (χ4v) is 6.50. The number of fused-ring (bicyclic) bond motifs is 1. The minimum Gasteiger partial charge on any atom is -0.490 e. The van der Waals surface area contributed by atoms with Crippen molar-refractivity contribution >= 4 is 11.7 Å². The molecule has 2 fully saturated rings. The SMILES string of the molecule is CCN1CCc2c(OC3CC4(C3)CN(c3ncnnc3Oc3ccc(F)cc3C(=O)N(CC)C(C)C)C4)ccnc2C1. The maximum atomic E-state index is 14.2. The number of anilines is 1. The number of benzene rings is 1. The van der Waals surface area contributed by atoms with Crippen molar-refractivity contribution in [1.29, 1.82) is 0 Å². The molecular weight excluding hydrogens is 537 g/mol. The van der Waals surface area contributed by atoms with Gasteiger partial charge in [-0.1, -0.05) is 6.92 Å². The second kappa shape index (κ2) is 11.4. The standard InChI is InChI=1S/C31H38FN7O3/c1-5-37-12-10-23-25(16-37)33-11-9-27(23)41-22-14-31(15-22)17-38(18-31)28-29(36-35-19-34-28)42-26-8-7-21(32)13-24(26)30(40)39(6-2)20(3)4/h7-9,11,13,19-20,22H,5-6,10,12,14-18H2,1-4H3. The molecule has 222 valence electrons. The Hall–Kier alpha value is -3.86. The Morgan fingerprint density at radius 3 is 2.71 bits per heavy atom. The van der Waals surface area contributed by atoms with Crippen LogP contribution in [0.15, 0.2) is 36.8 Å². The van der Waals surface area contributed by atoms with E-state index in [1.54, 1.807) is 4.90 Å². The summed E-state index contributed by atoms with van der Waals surface area (Å²) in [6, 6.07) is 5.89. The third kappa shape index (κ3) is 5.37.